The van der Waals surface area contributed by atoms with Crippen LogP contribution in [-0.2, 0) is 26.7 Å². The Bertz CT molecular complexity index is 1910. The minimum absolute atomic E-state index is 0.0821. The molecule has 54 heavy (non-hydrogen) atoms. The molecule has 10 nitrogen and oxygen atoms in total. The first-order valence-corrected chi connectivity index (χ1v) is 17.1. The van der Waals surface area contributed by atoms with Crippen LogP contribution in [0.15, 0.2) is 69.9 Å². The van der Waals surface area contributed by atoms with E-state index in [1.807, 2.05) is 13.8 Å². The monoisotopic (exact) mass is 907 g/mol. The standard InChI is InChI=1S/C15H11BrF3N3O.C15H10BrF3N2O2.C5H9ClO2/c1-8-4-9(6-10(5-8)15(17,18)19)14-21-3-2-11(22-14)7-12(16)13(20)23;1-8-4-9(6-10(5-8)15(17,18)19)13-20-3-2-11(21-13)7-12(16)14(22)23;1-4(2)3-8-5(6)7/h2-7H,1H3,(H2,20,23);2-7H,1H3,(H,22,23);4H,3H2,1-2H3/b2*12-7+;. The van der Waals surface area contributed by atoms with Crippen LogP contribution in [-0.4, -0.2) is 49.0 Å². The van der Waals surface area contributed by atoms with Gasteiger partial charge < -0.3 is 15.6 Å². The van der Waals surface area contributed by atoms with E-state index in [4.69, 9.17) is 22.4 Å². The lowest BCUT2D eigenvalue weighted by Gasteiger charge is -2.10. The number of aryl methyl sites for hydroxylation is 2. The number of carbonyl (C=O) groups is 3. The van der Waals surface area contributed by atoms with Gasteiger partial charge in [0.1, 0.15) is 4.48 Å². The predicted octanol–water partition coefficient (Wildman–Crippen LogP) is 10.0. The van der Waals surface area contributed by atoms with Crippen molar-refractivity contribution in [2.45, 2.75) is 40.0 Å². The molecule has 0 atom stereocenters. The molecule has 0 radical (unpaired) electrons. The smallest absolute Gasteiger partial charge is 0.416 e. The molecule has 0 unspecified atom stereocenters. The molecule has 0 spiro atoms. The van der Waals surface area contributed by atoms with E-state index in [0.29, 0.717) is 29.3 Å². The van der Waals surface area contributed by atoms with Crippen LogP contribution in [0.3, 0.4) is 0 Å². The molecule has 0 aliphatic carbocycles. The van der Waals surface area contributed by atoms with Crippen molar-refractivity contribution in [2.75, 3.05) is 6.61 Å². The van der Waals surface area contributed by atoms with Crippen LogP contribution in [0, 0.1) is 19.8 Å². The summed E-state index contributed by atoms with van der Waals surface area (Å²) in [6.45, 7) is 7.40. The van der Waals surface area contributed by atoms with Crippen molar-refractivity contribution in [3.05, 3.63) is 104 Å². The highest BCUT2D eigenvalue weighted by atomic mass is 79.9. The number of carbonyl (C=O) groups excluding carboxylic acids is 2. The second-order valence-corrected chi connectivity index (χ2v) is 13.4. The van der Waals surface area contributed by atoms with E-state index < -0.39 is 40.8 Å². The maximum absolute atomic E-state index is 12.9. The van der Waals surface area contributed by atoms with Gasteiger partial charge in [-0.15, -0.1) is 0 Å². The third-order valence-corrected chi connectivity index (χ3v) is 7.50. The van der Waals surface area contributed by atoms with Gasteiger partial charge in [0.15, 0.2) is 11.6 Å². The first-order chi connectivity index (χ1) is 25.0. The zero-order valence-corrected chi connectivity index (χ0v) is 32.5. The Balaban J connectivity index is 0.000000312. The van der Waals surface area contributed by atoms with Gasteiger partial charge in [0, 0.05) is 35.1 Å². The number of hydrogen-bond acceptors (Lipinski definition) is 8. The van der Waals surface area contributed by atoms with E-state index in [2.05, 4.69) is 56.5 Å². The van der Waals surface area contributed by atoms with Crippen molar-refractivity contribution in [2.24, 2.45) is 11.7 Å². The van der Waals surface area contributed by atoms with Crippen molar-refractivity contribution >= 4 is 72.9 Å². The summed E-state index contributed by atoms with van der Waals surface area (Å²) in [6.07, 6.45) is -3.56. The maximum Gasteiger partial charge on any atom is 0.416 e. The van der Waals surface area contributed by atoms with E-state index in [0.717, 1.165) is 24.3 Å². The number of benzene rings is 2. The molecule has 288 valence electrons. The van der Waals surface area contributed by atoms with Crippen molar-refractivity contribution < 1.29 is 50.6 Å². The van der Waals surface area contributed by atoms with Gasteiger partial charge in [-0.1, -0.05) is 13.8 Å². The molecule has 2 aromatic heterocycles. The molecule has 19 heteroatoms. The number of nitrogens with two attached hydrogens (primary N) is 1. The average Bonchev–Trinajstić information content (AvgIpc) is 3.07. The van der Waals surface area contributed by atoms with E-state index >= 15 is 0 Å². The molecule has 0 bridgehead atoms. The summed E-state index contributed by atoms with van der Waals surface area (Å²) in [5, 5.41) is 8.81. The number of hydrogen-bond donors (Lipinski definition) is 2. The Hall–Kier alpha value is -4.68. The van der Waals surface area contributed by atoms with Gasteiger partial charge in [0.2, 0.25) is 0 Å². The Kier molecular flexibility index (Phi) is 17.0. The first-order valence-electron chi connectivity index (χ1n) is 15.1. The molecule has 0 saturated carbocycles. The molecule has 0 fully saturated rings. The van der Waals surface area contributed by atoms with E-state index in [-0.39, 0.29) is 37.4 Å². The summed E-state index contributed by atoms with van der Waals surface area (Å²) in [5.74, 6) is -1.30. The Labute approximate surface area is 326 Å². The van der Waals surface area contributed by atoms with E-state index in [1.54, 1.807) is 19.9 Å². The van der Waals surface area contributed by atoms with Gasteiger partial charge >= 0.3 is 23.8 Å². The summed E-state index contributed by atoms with van der Waals surface area (Å²) in [6, 6.07) is 10.1. The zero-order valence-electron chi connectivity index (χ0n) is 28.6. The van der Waals surface area contributed by atoms with Gasteiger partial charge in [0.05, 0.1) is 33.6 Å². The zero-order chi connectivity index (χ0) is 41.0. The number of rotatable bonds is 8. The third-order valence-electron chi connectivity index (χ3n) is 6.20. The molecular weight excluding hydrogens is 880 g/mol. The molecule has 0 aliphatic rings. The SMILES string of the molecule is CC(C)COC(=O)Cl.Cc1cc(-c2nccc(/C=C(/Br)C(=O)O)n2)cc(C(F)(F)F)c1.Cc1cc(-c2nccc(/C=C(/Br)C(N)=O)n2)cc(C(F)(F)F)c1. The maximum atomic E-state index is 12.9. The van der Waals surface area contributed by atoms with Crippen molar-refractivity contribution in [3.8, 4) is 22.8 Å². The fraction of sp³-hybridized carbons (Fsp3) is 0.229. The van der Waals surface area contributed by atoms with Crippen LogP contribution in [0.1, 0.15) is 47.5 Å². The number of carboxylic acids is 1. The summed E-state index contributed by atoms with van der Waals surface area (Å²) in [7, 11) is 0. The van der Waals surface area contributed by atoms with Gasteiger partial charge in [-0.2, -0.15) is 26.3 Å². The lowest BCUT2D eigenvalue weighted by atomic mass is 10.1. The summed E-state index contributed by atoms with van der Waals surface area (Å²) in [5.41, 5.74) is 4.74. The Morgan fingerprint density at radius 3 is 1.52 bits per heavy atom. The first kappa shape index (κ1) is 45.5. The minimum atomic E-state index is -4.47. The summed E-state index contributed by atoms with van der Waals surface area (Å²) < 4.78 is 81.7. The van der Waals surface area contributed by atoms with Crippen molar-refractivity contribution in [1.82, 2.24) is 19.9 Å². The highest BCUT2D eigenvalue weighted by Gasteiger charge is 2.32. The van der Waals surface area contributed by atoms with Gasteiger partial charge in [-0.3, -0.25) is 4.79 Å². The topological polar surface area (TPSA) is 158 Å². The Morgan fingerprint density at radius 2 is 1.20 bits per heavy atom. The molecule has 0 aliphatic heterocycles. The number of nitrogens with zero attached hydrogens (tertiary/aromatic N) is 4. The normalized spacial score (nSPS) is 11.9. The van der Waals surface area contributed by atoms with Gasteiger partial charge in [0.25, 0.3) is 5.91 Å². The number of alkyl halides is 6. The fourth-order valence-corrected chi connectivity index (χ4v) is 4.49. The molecule has 1 amide bonds. The average molecular weight is 910 g/mol. The minimum Gasteiger partial charge on any atom is -0.477 e. The highest BCUT2D eigenvalue weighted by Crippen LogP contribution is 2.34. The lowest BCUT2D eigenvalue weighted by Crippen LogP contribution is -2.09. The van der Waals surface area contributed by atoms with Crippen LogP contribution >= 0.6 is 43.5 Å². The fourth-order valence-electron chi connectivity index (χ4n) is 3.96. The Morgan fingerprint density at radius 1 is 0.796 bits per heavy atom. The summed E-state index contributed by atoms with van der Waals surface area (Å²) >= 11 is 10.7. The third kappa shape index (κ3) is 15.7. The van der Waals surface area contributed by atoms with E-state index in [9.17, 15) is 40.7 Å². The van der Waals surface area contributed by atoms with Crippen LogP contribution in [0.5, 0.6) is 0 Å². The molecule has 2 aromatic carbocycles. The number of amides is 1. The number of aromatic nitrogens is 4. The number of carboxylic acid groups (broad SMARTS) is 1. The van der Waals surface area contributed by atoms with Crippen LogP contribution in [0.2, 0.25) is 0 Å². The molecular formula is C35H30Br2ClF6N5O5. The molecule has 4 rings (SSSR count). The molecule has 0 saturated heterocycles. The highest BCUT2D eigenvalue weighted by molar-refractivity contribution is 9.12. The van der Waals surface area contributed by atoms with E-state index in [1.165, 1.54) is 42.7 Å². The van der Waals surface area contributed by atoms with Crippen molar-refractivity contribution in [3.63, 3.8) is 0 Å². The van der Waals surface area contributed by atoms with Crippen molar-refractivity contribution in [1.29, 1.82) is 0 Å². The quantitative estimate of drug-likeness (QED) is 0.0997. The predicted molar refractivity (Wildman–Crippen MR) is 197 cm³/mol. The van der Waals surface area contributed by atoms with Crippen LogP contribution in [0.25, 0.3) is 34.9 Å². The van der Waals surface area contributed by atoms with Gasteiger partial charge in [-0.05, 0) is 123 Å². The number of aliphatic carboxylic acids is 1. The molecule has 2 heterocycles. The van der Waals surface area contributed by atoms with Crippen LogP contribution < -0.4 is 5.73 Å². The van der Waals surface area contributed by atoms with Crippen LogP contribution in [0.4, 0.5) is 31.1 Å². The second kappa shape index (κ2) is 20.1. The number of primary amides is 1. The number of ether oxygens (including phenoxy) is 1. The van der Waals surface area contributed by atoms with Gasteiger partial charge in [-0.25, -0.2) is 29.5 Å². The second-order valence-electron chi connectivity index (χ2n) is 11.4. The number of halogens is 9. The molecule has 4 aromatic rings. The largest absolute Gasteiger partial charge is 0.477 e. The summed E-state index contributed by atoms with van der Waals surface area (Å²) in [4.78, 5) is 47.8. The molecule has 3 N–H and O–H groups in total. The lowest BCUT2D eigenvalue weighted by molar-refractivity contribution is -0.138.